The zero-order chi connectivity index (χ0) is 21.1. The number of para-hydroxylation sites is 2. The second-order valence-electron chi connectivity index (χ2n) is 7.83. The first-order valence-corrected chi connectivity index (χ1v) is 10.4. The zero-order valence-electron chi connectivity index (χ0n) is 17.4. The molecule has 2 heterocycles. The minimum Gasteiger partial charge on any atom is -0.497 e. The fraction of sp³-hybridized carbons (Fsp3) is 0.391. The van der Waals surface area contributed by atoms with E-state index in [2.05, 4.69) is 15.2 Å². The van der Waals surface area contributed by atoms with Crippen molar-refractivity contribution in [3.05, 3.63) is 64.6 Å². The molecule has 30 heavy (non-hydrogen) atoms. The van der Waals surface area contributed by atoms with Gasteiger partial charge in [0.1, 0.15) is 5.75 Å². The van der Waals surface area contributed by atoms with E-state index in [4.69, 9.17) is 4.74 Å². The molecule has 1 aliphatic heterocycles. The fourth-order valence-corrected chi connectivity index (χ4v) is 4.21. The monoisotopic (exact) mass is 408 g/mol. The van der Waals surface area contributed by atoms with Gasteiger partial charge in [0.2, 0.25) is 5.91 Å². The molecule has 1 amide bonds. The summed E-state index contributed by atoms with van der Waals surface area (Å²) in [6.07, 6.45) is 1.69. The Balaban J connectivity index is 1.33. The number of ether oxygens (including phenoxy) is 1. The van der Waals surface area contributed by atoms with Crippen LogP contribution in [0.15, 0.2) is 53.3 Å². The van der Waals surface area contributed by atoms with Gasteiger partial charge in [-0.3, -0.25) is 14.3 Å². The molecule has 1 fully saturated rings. The van der Waals surface area contributed by atoms with Crippen LogP contribution in [0.25, 0.3) is 11.0 Å². The number of methoxy groups -OCH3 is 1. The summed E-state index contributed by atoms with van der Waals surface area (Å²) in [7, 11) is 1.64. The highest BCUT2D eigenvalue weighted by Crippen LogP contribution is 2.25. The Hall–Kier alpha value is -3.06. The molecule has 3 aromatic rings. The number of benzene rings is 2. The van der Waals surface area contributed by atoms with Crippen LogP contribution in [0.1, 0.15) is 31.4 Å². The number of fused-ring (bicyclic) bond motifs is 1. The Morgan fingerprint density at radius 1 is 1.17 bits per heavy atom. The third-order valence-electron chi connectivity index (χ3n) is 6.04. The summed E-state index contributed by atoms with van der Waals surface area (Å²) in [6.45, 7) is 4.01. The average molecular weight is 409 g/mol. The van der Waals surface area contributed by atoms with Crippen molar-refractivity contribution in [2.24, 2.45) is 0 Å². The van der Waals surface area contributed by atoms with Crippen LogP contribution in [-0.4, -0.2) is 46.6 Å². The van der Waals surface area contributed by atoms with Gasteiger partial charge in [-0.2, -0.15) is 0 Å². The Kier molecular flexibility index (Phi) is 5.90. The number of H-pyrrole nitrogens is 1. The number of piperidine rings is 1. The molecule has 1 atom stereocenters. The van der Waals surface area contributed by atoms with E-state index in [0.29, 0.717) is 6.54 Å². The zero-order valence-corrected chi connectivity index (χ0v) is 17.4. The molecule has 2 aromatic carbocycles. The van der Waals surface area contributed by atoms with Crippen molar-refractivity contribution >= 4 is 16.9 Å². The number of hydrogen-bond acceptors (Lipinski definition) is 4. The van der Waals surface area contributed by atoms with Crippen molar-refractivity contribution in [1.82, 2.24) is 19.8 Å². The molecular formula is C23H28N4O3. The lowest BCUT2D eigenvalue weighted by Gasteiger charge is -2.35. The minimum absolute atomic E-state index is 0.0218. The predicted molar refractivity (Wildman–Crippen MR) is 117 cm³/mol. The quantitative estimate of drug-likeness (QED) is 0.657. The first-order valence-electron chi connectivity index (χ1n) is 10.4. The lowest BCUT2D eigenvalue weighted by Crippen LogP contribution is -2.48. The predicted octanol–water partition coefficient (Wildman–Crippen LogP) is 2.68. The van der Waals surface area contributed by atoms with Crippen LogP contribution in [0.5, 0.6) is 5.75 Å². The molecule has 7 nitrogen and oxygen atoms in total. The molecule has 4 rings (SSSR count). The number of aromatic nitrogens is 2. The van der Waals surface area contributed by atoms with E-state index in [-0.39, 0.29) is 23.7 Å². The van der Waals surface area contributed by atoms with Gasteiger partial charge in [-0.05, 0) is 49.6 Å². The summed E-state index contributed by atoms with van der Waals surface area (Å²) >= 11 is 0. The van der Waals surface area contributed by atoms with E-state index in [1.165, 1.54) is 0 Å². The van der Waals surface area contributed by atoms with Crippen LogP contribution in [0.3, 0.4) is 0 Å². The standard InChI is InChI=1S/C23H28N4O3/c1-16(22(28)24-15-17-7-9-19(30-2)10-8-17)26-13-11-18(12-14-26)27-21-6-4-3-5-20(21)25-23(27)29/h3-10,16,18H,11-15H2,1-2H3,(H,24,28)(H,25,29)/t16-/m0/s1. The van der Waals surface area contributed by atoms with Gasteiger partial charge < -0.3 is 15.0 Å². The van der Waals surface area contributed by atoms with E-state index < -0.39 is 0 Å². The molecule has 1 saturated heterocycles. The second-order valence-corrected chi connectivity index (χ2v) is 7.83. The highest BCUT2D eigenvalue weighted by molar-refractivity contribution is 5.81. The first-order chi connectivity index (χ1) is 14.6. The topological polar surface area (TPSA) is 79.4 Å². The molecular weight excluding hydrogens is 380 g/mol. The Labute approximate surface area is 175 Å². The van der Waals surface area contributed by atoms with Crippen LogP contribution in [0.4, 0.5) is 0 Å². The highest BCUT2D eigenvalue weighted by atomic mass is 16.5. The minimum atomic E-state index is -0.205. The number of likely N-dealkylation sites (tertiary alicyclic amines) is 1. The van der Waals surface area contributed by atoms with Crippen LogP contribution >= 0.6 is 0 Å². The van der Waals surface area contributed by atoms with Crippen LogP contribution in [0, 0.1) is 0 Å². The van der Waals surface area contributed by atoms with Gasteiger partial charge in [-0.25, -0.2) is 4.79 Å². The normalized spacial score (nSPS) is 16.5. The van der Waals surface area contributed by atoms with Gasteiger partial charge in [0.15, 0.2) is 0 Å². The number of carbonyl (C=O) groups excluding carboxylic acids is 1. The van der Waals surface area contributed by atoms with Gasteiger partial charge in [0.25, 0.3) is 0 Å². The van der Waals surface area contributed by atoms with Crippen LogP contribution < -0.4 is 15.7 Å². The molecule has 1 aromatic heterocycles. The largest absolute Gasteiger partial charge is 0.497 e. The van der Waals surface area contributed by atoms with Crippen LogP contribution in [0.2, 0.25) is 0 Å². The van der Waals surface area contributed by atoms with Crippen molar-refractivity contribution < 1.29 is 9.53 Å². The molecule has 0 aliphatic carbocycles. The summed E-state index contributed by atoms with van der Waals surface area (Å²) < 4.78 is 7.04. The number of rotatable bonds is 6. The molecule has 0 radical (unpaired) electrons. The van der Waals surface area contributed by atoms with E-state index in [9.17, 15) is 9.59 Å². The van der Waals surface area contributed by atoms with E-state index in [0.717, 1.165) is 48.3 Å². The number of aromatic amines is 1. The second kappa shape index (κ2) is 8.75. The maximum Gasteiger partial charge on any atom is 0.326 e. The lowest BCUT2D eigenvalue weighted by atomic mass is 10.0. The highest BCUT2D eigenvalue weighted by Gasteiger charge is 2.28. The first kappa shape index (κ1) is 20.2. The lowest BCUT2D eigenvalue weighted by molar-refractivity contribution is -0.126. The number of carbonyl (C=O) groups is 1. The maximum absolute atomic E-state index is 12.6. The Bertz CT molecular complexity index is 1060. The number of nitrogens with zero attached hydrogens (tertiary/aromatic N) is 2. The molecule has 0 bridgehead atoms. The van der Waals surface area contributed by atoms with Crippen molar-refractivity contribution in [2.45, 2.75) is 38.4 Å². The van der Waals surface area contributed by atoms with E-state index >= 15 is 0 Å². The maximum atomic E-state index is 12.6. The molecule has 1 aliphatic rings. The third kappa shape index (κ3) is 4.11. The molecule has 0 unspecified atom stereocenters. The Morgan fingerprint density at radius 2 is 1.87 bits per heavy atom. The number of imidazole rings is 1. The van der Waals surface area contributed by atoms with Gasteiger partial charge in [-0.1, -0.05) is 24.3 Å². The van der Waals surface area contributed by atoms with Crippen molar-refractivity contribution in [3.63, 3.8) is 0 Å². The summed E-state index contributed by atoms with van der Waals surface area (Å²) in [5.74, 6) is 0.823. The van der Waals surface area contributed by atoms with Gasteiger partial charge >= 0.3 is 5.69 Å². The average Bonchev–Trinajstić information content (AvgIpc) is 3.13. The van der Waals surface area contributed by atoms with Gasteiger partial charge in [0, 0.05) is 25.7 Å². The number of amides is 1. The molecule has 0 saturated carbocycles. The molecule has 2 N–H and O–H groups in total. The summed E-state index contributed by atoms with van der Waals surface area (Å²) in [4.78, 5) is 30.2. The Morgan fingerprint density at radius 3 is 2.57 bits per heavy atom. The van der Waals surface area contributed by atoms with E-state index in [1.807, 2.05) is 60.0 Å². The third-order valence-corrected chi connectivity index (χ3v) is 6.04. The summed E-state index contributed by atoms with van der Waals surface area (Å²) in [5, 5.41) is 3.02. The smallest absolute Gasteiger partial charge is 0.326 e. The molecule has 0 spiro atoms. The van der Waals surface area contributed by atoms with Crippen LogP contribution in [-0.2, 0) is 11.3 Å². The van der Waals surface area contributed by atoms with Crippen molar-refractivity contribution in [1.29, 1.82) is 0 Å². The molecule has 7 heteroatoms. The van der Waals surface area contributed by atoms with Gasteiger partial charge in [0.05, 0.1) is 24.2 Å². The fourth-order valence-electron chi connectivity index (χ4n) is 4.21. The SMILES string of the molecule is COc1ccc(CNC(=O)[C@H](C)N2CCC(n3c(=O)[nH]c4ccccc43)CC2)cc1. The van der Waals surface area contributed by atoms with Crippen molar-refractivity contribution in [2.75, 3.05) is 20.2 Å². The van der Waals surface area contributed by atoms with E-state index in [1.54, 1.807) is 7.11 Å². The molecule has 158 valence electrons. The number of hydrogen-bond donors (Lipinski definition) is 2. The number of nitrogens with one attached hydrogen (secondary N) is 2. The van der Waals surface area contributed by atoms with Gasteiger partial charge in [-0.15, -0.1) is 0 Å². The summed E-state index contributed by atoms with van der Waals surface area (Å²) in [5.41, 5.74) is 2.80. The summed E-state index contributed by atoms with van der Waals surface area (Å²) in [6, 6.07) is 15.4. The van der Waals surface area contributed by atoms with Crippen molar-refractivity contribution in [3.8, 4) is 5.75 Å².